The summed E-state index contributed by atoms with van der Waals surface area (Å²) in [5.74, 6) is -1.20. The summed E-state index contributed by atoms with van der Waals surface area (Å²) in [5.41, 5.74) is -1.15. The van der Waals surface area contributed by atoms with Crippen LogP contribution in [0.3, 0.4) is 0 Å². The van der Waals surface area contributed by atoms with E-state index in [1.54, 1.807) is 46.0 Å². The second-order valence-electron chi connectivity index (χ2n) is 9.48. The van der Waals surface area contributed by atoms with Crippen molar-refractivity contribution in [3.8, 4) is 5.82 Å². The highest BCUT2D eigenvalue weighted by Gasteiger charge is 2.44. The lowest BCUT2D eigenvalue weighted by atomic mass is 9.86. The summed E-state index contributed by atoms with van der Waals surface area (Å²) in [4.78, 5) is 43.7. The maximum absolute atomic E-state index is 13.4. The second kappa shape index (κ2) is 10.6. The Balaban J connectivity index is 1.69. The zero-order valence-corrected chi connectivity index (χ0v) is 20.9. The molecule has 0 bridgehead atoms. The minimum Gasteiger partial charge on any atom is -0.444 e. The Kier molecular flexibility index (Phi) is 7.99. The zero-order valence-electron chi connectivity index (χ0n) is 20.2. The maximum atomic E-state index is 13.4. The van der Waals surface area contributed by atoms with Crippen LogP contribution in [0, 0.1) is 5.82 Å². The third-order valence-electron chi connectivity index (χ3n) is 5.61. The molecule has 35 heavy (non-hydrogen) atoms. The fraction of sp³-hybridized carbons (Fsp3) is 0.522. The minimum absolute atomic E-state index is 0.204. The Bertz CT molecular complexity index is 1060. The SMILES string of the molecule is CC(NC(=O)C1(NC(=O)CCl)CCN(C(=O)OC(C)(C)C)CC1)c1ccc(-n2cc(F)cn2)nc1. The molecule has 1 saturated heterocycles. The third kappa shape index (κ3) is 6.68. The normalized spacial score (nSPS) is 16.3. The Morgan fingerprint density at radius 2 is 1.91 bits per heavy atom. The molecule has 190 valence electrons. The first-order valence-corrected chi connectivity index (χ1v) is 11.8. The maximum Gasteiger partial charge on any atom is 0.410 e. The average Bonchev–Trinajstić information content (AvgIpc) is 3.24. The molecule has 2 aromatic heterocycles. The molecule has 1 unspecified atom stereocenters. The van der Waals surface area contributed by atoms with E-state index in [1.165, 1.54) is 15.8 Å². The van der Waals surface area contributed by atoms with Crippen molar-refractivity contribution in [2.24, 2.45) is 0 Å². The van der Waals surface area contributed by atoms with Crippen molar-refractivity contribution in [3.63, 3.8) is 0 Å². The number of hydrogen-bond acceptors (Lipinski definition) is 6. The predicted molar refractivity (Wildman–Crippen MR) is 127 cm³/mol. The smallest absolute Gasteiger partial charge is 0.410 e. The molecule has 1 atom stereocenters. The lowest BCUT2D eigenvalue weighted by Crippen LogP contribution is -2.64. The number of amides is 3. The van der Waals surface area contributed by atoms with E-state index in [9.17, 15) is 18.8 Å². The highest BCUT2D eigenvalue weighted by Crippen LogP contribution is 2.26. The van der Waals surface area contributed by atoms with Crippen molar-refractivity contribution in [1.29, 1.82) is 0 Å². The number of nitrogens with zero attached hydrogens (tertiary/aromatic N) is 4. The van der Waals surface area contributed by atoms with Crippen molar-refractivity contribution in [2.75, 3.05) is 19.0 Å². The number of hydrogen-bond donors (Lipinski definition) is 2. The number of halogens is 2. The van der Waals surface area contributed by atoms with E-state index >= 15 is 0 Å². The van der Waals surface area contributed by atoms with Gasteiger partial charge in [-0.2, -0.15) is 5.10 Å². The Hall–Kier alpha value is -3.21. The van der Waals surface area contributed by atoms with Gasteiger partial charge in [0, 0.05) is 19.3 Å². The van der Waals surface area contributed by atoms with Crippen LogP contribution in [-0.2, 0) is 14.3 Å². The highest BCUT2D eigenvalue weighted by atomic mass is 35.5. The molecule has 2 aromatic rings. The zero-order chi connectivity index (χ0) is 25.8. The van der Waals surface area contributed by atoms with Crippen LogP contribution in [0.5, 0.6) is 0 Å². The van der Waals surface area contributed by atoms with Crippen LogP contribution in [0.1, 0.15) is 52.1 Å². The number of nitrogens with one attached hydrogen (secondary N) is 2. The number of likely N-dealkylation sites (tertiary alicyclic amines) is 1. The number of aromatic nitrogens is 3. The van der Waals surface area contributed by atoms with Gasteiger partial charge in [-0.3, -0.25) is 9.59 Å². The van der Waals surface area contributed by atoms with Gasteiger partial charge < -0.3 is 20.3 Å². The summed E-state index contributed by atoms with van der Waals surface area (Å²) in [6.07, 6.45) is 3.80. The molecule has 1 aliphatic rings. The predicted octanol–water partition coefficient (Wildman–Crippen LogP) is 2.71. The molecule has 0 aromatic carbocycles. The van der Waals surface area contributed by atoms with Crippen molar-refractivity contribution in [3.05, 3.63) is 42.1 Å². The molecular weight excluding hydrogens is 479 g/mol. The van der Waals surface area contributed by atoms with E-state index in [0.29, 0.717) is 11.4 Å². The first kappa shape index (κ1) is 26.4. The van der Waals surface area contributed by atoms with Gasteiger partial charge in [-0.05, 0) is 52.2 Å². The lowest BCUT2D eigenvalue weighted by molar-refractivity contribution is -0.135. The number of alkyl halides is 1. The van der Waals surface area contributed by atoms with Crippen molar-refractivity contribution < 1.29 is 23.5 Å². The molecule has 0 spiro atoms. The average molecular weight is 509 g/mol. The van der Waals surface area contributed by atoms with E-state index < -0.39 is 35.0 Å². The van der Waals surface area contributed by atoms with Gasteiger partial charge in [0.15, 0.2) is 11.6 Å². The fourth-order valence-electron chi connectivity index (χ4n) is 3.74. The number of ether oxygens (including phenoxy) is 1. The molecule has 1 fully saturated rings. The molecule has 3 amide bonds. The second-order valence-corrected chi connectivity index (χ2v) is 9.75. The molecule has 3 rings (SSSR count). The van der Waals surface area contributed by atoms with Crippen LogP contribution < -0.4 is 10.6 Å². The Morgan fingerprint density at radius 1 is 1.23 bits per heavy atom. The lowest BCUT2D eigenvalue weighted by Gasteiger charge is -2.41. The highest BCUT2D eigenvalue weighted by molar-refractivity contribution is 6.27. The third-order valence-corrected chi connectivity index (χ3v) is 5.85. The number of carbonyl (C=O) groups is 3. The summed E-state index contributed by atoms with van der Waals surface area (Å²) >= 11 is 5.69. The molecule has 1 aliphatic heterocycles. The van der Waals surface area contributed by atoms with E-state index in [0.717, 1.165) is 6.20 Å². The summed E-state index contributed by atoms with van der Waals surface area (Å²) in [7, 11) is 0. The van der Waals surface area contributed by atoms with Gasteiger partial charge in [-0.25, -0.2) is 18.9 Å². The van der Waals surface area contributed by atoms with E-state index in [2.05, 4.69) is 20.7 Å². The minimum atomic E-state index is -1.22. The largest absolute Gasteiger partial charge is 0.444 e. The standard InChI is InChI=1S/C23H30ClFN6O4/c1-15(16-5-6-18(26-12-16)31-14-17(25)13-27-31)28-20(33)23(29-19(32)11-24)7-9-30(10-8-23)21(34)35-22(2,3)4/h5-6,12-15H,7-11H2,1-4H3,(H,28,33)(H,29,32). The number of piperidine rings is 1. The molecule has 12 heteroatoms. The molecule has 0 saturated carbocycles. The Morgan fingerprint density at radius 3 is 2.43 bits per heavy atom. The summed E-state index contributed by atoms with van der Waals surface area (Å²) in [5, 5.41) is 9.56. The van der Waals surface area contributed by atoms with Gasteiger partial charge >= 0.3 is 6.09 Å². The topological polar surface area (TPSA) is 118 Å². The van der Waals surface area contributed by atoms with Crippen LogP contribution in [0.15, 0.2) is 30.7 Å². The van der Waals surface area contributed by atoms with Gasteiger partial charge in [0.05, 0.1) is 18.4 Å². The quantitative estimate of drug-likeness (QED) is 0.579. The van der Waals surface area contributed by atoms with Gasteiger partial charge in [-0.1, -0.05) is 6.07 Å². The fourth-order valence-corrected chi connectivity index (χ4v) is 3.81. The van der Waals surface area contributed by atoms with Crippen LogP contribution in [0.25, 0.3) is 5.82 Å². The van der Waals surface area contributed by atoms with E-state index in [1.807, 2.05) is 0 Å². The summed E-state index contributed by atoms with van der Waals surface area (Å²) in [6.45, 7) is 7.59. The van der Waals surface area contributed by atoms with Crippen LogP contribution in [-0.4, -0.2) is 67.7 Å². The van der Waals surface area contributed by atoms with Gasteiger partial charge in [0.25, 0.3) is 0 Å². The molecule has 10 nitrogen and oxygen atoms in total. The van der Waals surface area contributed by atoms with Crippen molar-refractivity contribution >= 4 is 29.5 Å². The first-order valence-electron chi connectivity index (χ1n) is 11.2. The van der Waals surface area contributed by atoms with Gasteiger partial charge in [-0.15, -0.1) is 11.6 Å². The van der Waals surface area contributed by atoms with Crippen LogP contribution in [0.2, 0.25) is 0 Å². The molecular formula is C23H30ClFN6O4. The number of carbonyl (C=O) groups excluding carboxylic acids is 3. The van der Waals surface area contributed by atoms with Crippen molar-refractivity contribution in [2.45, 2.75) is 57.7 Å². The monoisotopic (exact) mass is 508 g/mol. The van der Waals surface area contributed by atoms with Gasteiger partial charge in [0.1, 0.15) is 17.0 Å². The van der Waals surface area contributed by atoms with Crippen LogP contribution >= 0.6 is 11.6 Å². The van der Waals surface area contributed by atoms with Crippen molar-refractivity contribution in [1.82, 2.24) is 30.3 Å². The molecule has 3 heterocycles. The number of rotatable bonds is 6. The number of pyridine rings is 1. The molecule has 2 N–H and O–H groups in total. The Labute approximate surface area is 208 Å². The van der Waals surface area contributed by atoms with E-state index in [4.69, 9.17) is 16.3 Å². The summed E-state index contributed by atoms with van der Waals surface area (Å²) < 4.78 is 19.9. The van der Waals surface area contributed by atoms with E-state index in [-0.39, 0.29) is 37.7 Å². The first-order chi connectivity index (χ1) is 16.4. The molecule has 0 aliphatic carbocycles. The van der Waals surface area contributed by atoms with Gasteiger partial charge in [0.2, 0.25) is 11.8 Å². The summed E-state index contributed by atoms with van der Waals surface area (Å²) in [6, 6.07) is 2.98. The molecule has 0 radical (unpaired) electrons. The van der Waals surface area contributed by atoms with Crippen LogP contribution in [0.4, 0.5) is 9.18 Å².